The van der Waals surface area contributed by atoms with Crippen LogP contribution in [0.25, 0.3) is 0 Å². The van der Waals surface area contributed by atoms with Crippen LogP contribution in [0.15, 0.2) is 0 Å². The van der Waals surface area contributed by atoms with Gasteiger partial charge in [0.05, 0.1) is 11.5 Å². The number of amides is 2. The number of piperidine rings is 2. The quantitative estimate of drug-likeness (QED) is 0.725. The number of aliphatic hydroxyl groups is 1. The summed E-state index contributed by atoms with van der Waals surface area (Å²) in [6.07, 6.45) is 1.27. The average Bonchev–Trinajstić information content (AvgIpc) is 2.42. The largest absolute Gasteiger partial charge is 0.392 e. The molecule has 19 heavy (non-hydrogen) atoms. The summed E-state index contributed by atoms with van der Waals surface area (Å²) in [5, 5.41) is 13.0. The van der Waals surface area contributed by atoms with Crippen molar-refractivity contribution in [3.8, 4) is 0 Å². The molecule has 2 heterocycles. The third kappa shape index (κ3) is 2.74. The fraction of sp³-hybridized carbons (Fsp3) is 0.846. The van der Waals surface area contributed by atoms with Crippen molar-refractivity contribution in [3.63, 3.8) is 0 Å². The van der Waals surface area contributed by atoms with Crippen molar-refractivity contribution in [3.05, 3.63) is 0 Å². The molecule has 6 nitrogen and oxygen atoms in total. The fourth-order valence-electron chi connectivity index (χ4n) is 2.94. The third-order valence-electron chi connectivity index (χ3n) is 4.10. The van der Waals surface area contributed by atoms with Gasteiger partial charge in [-0.1, -0.05) is 0 Å². The molecular weight excluding hydrogens is 248 g/mol. The number of ether oxygens (including phenoxy) is 1. The third-order valence-corrected chi connectivity index (χ3v) is 4.10. The second-order valence-corrected chi connectivity index (χ2v) is 5.27. The Morgan fingerprint density at radius 3 is 3.11 bits per heavy atom. The van der Waals surface area contributed by atoms with E-state index in [9.17, 15) is 14.7 Å². The van der Waals surface area contributed by atoms with E-state index in [2.05, 4.69) is 5.32 Å². The summed E-state index contributed by atoms with van der Waals surface area (Å²) in [7, 11) is 0. The highest BCUT2D eigenvalue weighted by molar-refractivity contribution is 5.86. The molecule has 0 unspecified atom stereocenters. The zero-order chi connectivity index (χ0) is 13.9. The minimum atomic E-state index is -0.821. The molecule has 2 aliphatic heterocycles. The summed E-state index contributed by atoms with van der Waals surface area (Å²) >= 11 is 0. The van der Waals surface area contributed by atoms with Crippen LogP contribution in [0.1, 0.15) is 26.2 Å². The van der Waals surface area contributed by atoms with E-state index in [1.54, 1.807) is 4.90 Å². The van der Waals surface area contributed by atoms with Crippen LogP contribution in [-0.4, -0.2) is 60.8 Å². The molecule has 0 bridgehead atoms. The summed E-state index contributed by atoms with van der Waals surface area (Å²) in [4.78, 5) is 25.8. The van der Waals surface area contributed by atoms with Crippen molar-refractivity contribution >= 4 is 11.8 Å². The second kappa shape index (κ2) is 5.88. The summed E-state index contributed by atoms with van der Waals surface area (Å²) in [5.41, 5.74) is -0.821. The molecule has 0 aromatic heterocycles. The van der Waals surface area contributed by atoms with Gasteiger partial charge in [-0.3, -0.25) is 9.59 Å². The minimum absolute atomic E-state index is 0.0459. The maximum Gasteiger partial charge on any atom is 0.248 e. The number of rotatable bonds is 3. The molecule has 0 saturated carbocycles. The molecule has 0 aromatic carbocycles. The molecule has 1 spiro atoms. The molecule has 2 fully saturated rings. The first-order valence-electron chi connectivity index (χ1n) is 6.92. The normalized spacial score (nSPS) is 31.4. The summed E-state index contributed by atoms with van der Waals surface area (Å²) in [6, 6.07) is 0. The molecule has 2 atom stereocenters. The van der Waals surface area contributed by atoms with Gasteiger partial charge in [-0.05, 0) is 26.2 Å². The lowest BCUT2D eigenvalue weighted by Gasteiger charge is -2.46. The SMILES string of the molecule is CCOCC(=O)N1CC[C@@H](O)[C@@]2(CCCNC2=O)C1. The number of aliphatic hydroxyl groups excluding tert-OH is 1. The van der Waals surface area contributed by atoms with Gasteiger partial charge < -0.3 is 20.1 Å². The molecule has 2 aliphatic rings. The van der Waals surface area contributed by atoms with Crippen molar-refractivity contribution in [1.82, 2.24) is 10.2 Å². The Kier molecular flexibility index (Phi) is 4.42. The predicted molar refractivity (Wildman–Crippen MR) is 68.4 cm³/mol. The van der Waals surface area contributed by atoms with E-state index in [0.29, 0.717) is 39.1 Å². The van der Waals surface area contributed by atoms with Gasteiger partial charge in [0.25, 0.3) is 0 Å². The molecule has 108 valence electrons. The number of carbonyl (C=O) groups excluding carboxylic acids is 2. The van der Waals surface area contributed by atoms with Gasteiger partial charge in [-0.2, -0.15) is 0 Å². The van der Waals surface area contributed by atoms with Gasteiger partial charge in [-0.15, -0.1) is 0 Å². The molecule has 2 rings (SSSR count). The molecular formula is C13H22N2O4. The lowest BCUT2D eigenvalue weighted by molar-refractivity contribution is -0.156. The predicted octanol–water partition coefficient (Wildman–Crippen LogP) is -0.487. The number of nitrogens with one attached hydrogen (secondary N) is 1. The monoisotopic (exact) mass is 270 g/mol. The van der Waals surface area contributed by atoms with Gasteiger partial charge in [0.15, 0.2) is 0 Å². The Labute approximate surface area is 113 Å². The molecule has 0 aliphatic carbocycles. The van der Waals surface area contributed by atoms with Crippen LogP contribution in [0.2, 0.25) is 0 Å². The molecule has 2 N–H and O–H groups in total. The van der Waals surface area contributed by atoms with Crippen LogP contribution < -0.4 is 5.32 Å². The smallest absolute Gasteiger partial charge is 0.248 e. The van der Waals surface area contributed by atoms with E-state index in [4.69, 9.17) is 4.74 Å². The van der Waals surface area contributed by atoms with Crippen molar-refractivity contribution in [2.45, 2.75) is 32.3 Å². The summed E-state index contributed by atoms with van der Waals surface area (Å²) in [5.74, 6) is -0.230. The Balaban J connectivity index is 2.07. The van der Waals surface area contributed by atoms with Crippen LogP contribution in [0.5, 0.6) is 0 Å². The van der Waals surface area contributed by atoms with Crippen LogP contribution >= 0.6 is 0 Å². The lowest BCUT2D eigenvalue weighted by atomic mass is 9.71. The zero-order valence-electron chi connectivity index (χ0n) is 11.4. The van der Waals surface area contributed by atoms with Gasteiger partial charge in [0, 0.05) is 26.2 Å². The zero-order valence-corrected chi connectivity index (χ0v) is 11.4. The van der Waals surface area contributed by atoms with E-state index in [1.807, 2.05) is 6.92 Å². The van der Waals surface area contributed by atoms with Crippen molar-refractivity contribution in [1.29, 1.82) is 0 Å². The Morgan fingerprint density at radius 1 is 1.63 bits per heavy atom. The highest BCUT2D eigenvalue weighted by atomic mass is 16.5. The van der Waals surface area contributed by atoms with E-state index < -0.39 is 11.5 Å². The molecule has 6 heteroatoms. The lowest BCUT2D eigenvalue weighted by Crippen LogP contribution is -2.62. The van der Waals surface area contributed by atoms with Gasteiger partial charge in [-0.25, -0.2) is 0 Å². The maximum atomic E-state index is 12.1. The summed E-state index contributed by atoms with van der Waals surface area (Å²) in [6.45, 7) is 3.82. The van der Waals surface area contributed by atoms with Crippen LogP contribution in [0, 0.1) is 5.41 Å². The molecule has 0 aromatic rings. The molecule has 2 saturated heterocycles. The Hall–Kier alpha value is -1.14. The number of carbonyl (C=O) groups is 2. The highest BCUT2D eigenvalue weighted by Gasteiger charge is 2.50. The van der Waals surface area contributed by atoms with Crippen LogP contribution in [0.3, 0.4) is 0 Å². The van der Waals surface area contributed by atoms with E-state index in [-0.39, 0.29) is 18.4 Å². The van der Waals surface area contributed by atoms with E-state index in [0.717, 1.165) is 6.42 Å². The Bertz CT molecular complexity index is 361. The van der Waals surface area contributed by atoms with E-state index >= 15 is 0 Å². The number of hydrogen-bond donors (Lipinski definition) is 2. The second-order valence-electron chi connectivity index (χ2n) is 5.27. The minimum Gasteiger partial charge on any atom is -0.392 e. The average molecular weight is 270 g/mol. The van der Waals surface area contributed by atoms with Gasteiger partial charge in [0.1, 0.15) is 6.61 Å². The number of nitrogens with zero attached hydrogens (tertiary/aromatic N) is 1. The first-order chi connectivity index (χ1) is 9.10. The van der Waals surface area contributed by atoms with Crippen molar-refractivity contribution in [2.75, 3.05) is 32.8 Å². The number of likely N-dealkylation sites (tertiary alicyclic amines) is 1. The van der Waals surface area contributed by atoms with Crippen molar-refractivity contribution in [2.24, 2.45) is 5.41 Å². The van der Waals surface area contributed by atoms with Crippen molar-refractivity contribution < 1.29 is 19.4 Å². The van der Waals surface area contributed by atoms with Crippen LogP contribution in [-0.2, 0) is 14.3 Å². The van der Waals surface area contributed by atoms with E-state index in [1.165, 1.54) is 0 Å². The maximum absolute atomic E-state index is 12.1. The summed E-state index contributed by atoms with van der Waals surface area (Å²) < 4.78 is 5.12. The Morgan fingerprint density at radius 2 is 2.42 bits per heavy atom. The first-order valence-corrected chi connectivity index (χ1v) is 6.92. The van der Waals surface area contributed by atoms with Gasteiger partial charge >= 0.3 is 0 Å². The topological polar surface area (TPSA) is 78.9 Å². The molecule has 2 amide bonds. The molecule has 0 radical (unpaired) electrons. The van der Waals surface area contributed by atoms with Gasteiger partial charge in [0.2, 0.25) is 11.8 Å². The highest BCUT2D eigenvalue weighted by Crippen LogP contribution is 2.37. The fourth-order valence-corrected chi connectivity index (χ4v) is 2.94. The first kappa shape index (κ1) is 14.3. The standard InChI is InChI=1S/C13H22N2O4/c1-2-19-8-11(17)15-7-4-10(16)13(9-15)5-3-6-14-12(13)18/h10,16H,2-9H2,1H3,(H,14,18)/t10-,13-/m1/s1. The number of hydrogen-bond acceptors (Lipinski definition) is 4. The van der Waals surface area contributed by atoms with Crippen LogP contribution in [0.4, 0.5) is 0 Å².